The maximum absolute atomic E-state index is 14.5. The van der Waals surface area contributed by atoms with Crippen molar-refractivity contribution < 1.29 is 30.4 Å². The SMILES string of the molecule is CS(=O)(=O)c1cc(F)c(-c2csc(=O)n2-c2cccc(C(F)(F)F)c2)cc1F. The Bertz CT molecular complexity index is 1230. The topological polar surface area (TPSA) is 56.1 Å². The molecule has 28 heavy (non-hydrogen) atoms. The number of halogens is 5. The summed E-state index contributed by atoms with van der Waals surface area (Å²) in [6.07, 6.45) is -3.96. The maximum atomic E-state index is 14.5. The van der Waals surface area contributed by atoms with Gasteiger partial charge < -0.3 is 0 Å². The zero-order valence-corrected chi connectivity index (χ0v) is 15.6. The lowest BCUT2D eigenvalue weighted by atomic mass is 10.1. The van der Waals surface area contributed by atoms with Crippen molar-refractivity contribution in [3.05, 3.63) is 68.6 Å². The maximum Gasteiger partial charge on any atom is 0.416 e. The largest absolute Gasteiger partial charge is 0.416 e. The van der Waals surface area contributed by atoms with Crippen LogP contribution in [0.5, 0.6) is 0 Å². The summed E-state index contributed by atoms with van der Waals surface area (Å²) in [5, 5.41) is 1.15. The van der Waals surface area contributed by atoms with Crippen molar-refractivity contribution in [3.8, 4) is 16.9 Å². The average molecular weight is 435 g/mol. The number of alkyl halides is 3. The Balaban J connectivity index is 2.24. The normalized spacial score (nSPS) is 12.4. The Hall–Kier alpha value is -2.53. The predicted octanol–water partition coefficient (Wildman–Crippen LogP) is 4.27. The van der Waals surface area contributed by atoms with E-state index in [2.05, 4.69) is 0 Å². The van der Waals surface area contributed by atoms with E-state index >= 15 is 0 Å². The van der Waals surface area contributed by atoms with Gasteiger partial charge in [-0.3, -0.25) is 9.36 Å². The highest BCUT2D eigenvalue weighted by molar-refractivity contribution is 7.90. The van der Waals surface area contributed by atoms with Crippen LogP contribution in [0.2, 0.25) is 0 Å². The lowest BCUT2D eigenvalue weighted by Crippen LogP contribution is -2.14. The number of aromatic nitrogens is 1. The standard InChI is InChI=1S/C17H10F5NO3S2/c1-28(25,26)15-7-12(18)11(6-13(15)19)14-8-27-16(24)23(14)10-4-2-3-9(5-10)17(20,21)22/h2-8H,1H3. The van der Waals surface area contributed by atoms with Crippen molar-refractivity contribution in [2.45, 2.75) is 11.1 Å². The van der Waals surface area contributed by atoms with E-state index in [4.69, 9.17) is 0 Å². The molecule has 0 spiro atoms. The molecule has 0 bridgehead atoms. The van der Waals surface area contributed by atoms with E-state index in [9.17, 15) is 35.2 Å². The quantitative estimate of drug-likeness (QED) is 0.578. The van der Waals surface area contributed by atoms with Crippen molar-refractivity contribution in [3.63, 3.8) is 0 Å². The van der Waals surface area contributed by atoms with Gasteiger partial charge in [-0.25, -0.2) is 17.2 Å². The number of rotatable bonds is 3. The molecule has 1 heterocycles. The second-order valence-electron chi connectivity index (χ2n) is 5.80. The molecule has 0 atom stereocenters. The van der Waals surface area contributed by atoms with Crippen LogP contribution in [0.3, 0.4) is 0 Å². The Kier molecular flexibility index (Phi) is 4.92. The van der Waals surface area contributed by atoms with Crippen LogP contribution in [0.1, 0.15) is 5.56 Å². The molecule has 0 aliphatic heterocycles. The molecule has 0 aliphatic rings. The fourth-order valence-corrected chi connectivity index (χ4v) is 4.05. The molecule has 1 aromatic heterocycles. The smallest absolute Gasteiger partial charge is 0.267 e. The Morgan fingerprint density at radius 3 is 2.32 bits per heavy atom. The lowest BCUT2D eigenvalue weighted by molar-refractivity contribution is -0.137. The van der Waals surface area contributed by atoms with Gasteiger partial charge >= 0.3 is 11.0 Å². The van der Waals surface area contributed by atoms with Crippen LogP contribution < -0.4 is 4.87 Å². The molecule has 0 aliphatic carbocycles. The monoisotopic (exact) mass is 435 g/mol. The van der Waals surface area contributed by atoms with E-state index in [1.54, 1.807) is 0 Å². The van der Waals surface area contributed by atoms with Crippen molar-refractivity contribution >= 4 is 21.2 Å². The number of hydrogen-bond donors (Lipinski definition) is 0. The number of sulfone groups is 1. The van der Waals surface area contributed by atoms with E-state index < -0.39 is 48.5 Å². The van der Waals surface area contributed by atoms with Crippen LogP contribution in [-0.4, -0.2) is 19.2 Å². The van der Waals surface area contributed by atoms with Gasteiger partial charge in [-0.2, -0.15) is 13.2 Å². The molecule has 11 heteroatoms. The zero-order chi connectivity index (χ0) is 20.9. The molecule has 0 amide bonds. The molecule has 4 nitrogen and oxygen atoms in total. The van der Waals surface area contributed by atoms with E-state index in [-0.39, 0.29) is 11.4 Å². The number of hydrogen-bond acceptors (Lipinski definition) is 4. The minimum atomic E-state index is -4.66. The van der Waals surface area contributed by atoms with Gasteiger partial charge in [0.2, 0.25) is 0 Å². The summed E-state index contributed by atoms with van der Waals surface area (Å²) < 4.78 is 91.4. The first-order valence-corrected chi connectivity index (χ1v) is 10.2. The number of benzene rings is 2. The second-order valence-corrected chi connectivity index (χ2v) is 8.61. The first-order chi connectivity index (χ1) is 12.9. The summed E-state index contributed by atoms with van der Waals surface area (Å²) in [6, 6.07) is 4.87. The van der Waals surface area contributed by atoms with Gasteiger partial charge in [0, 0.05) is 17.2 Å². The molecule has 148 valence electrons. The summed E-state index contributed by atoms with van der Waals surface area (Å²) in [5.41, 5.74) is -1.87. The van der Waals surface area contributed by atoms with Gasteiger partial charge in [-0.1, -0.05) is 17.4 Å². The highest BCUT2D eigenvalue weighted by Crippen LogP contribution is 2.33. The average Bonchev–Trinajstić information content (AvgIpc) is 2.96. The van der Waals surface area contributed by atoms with Crippen LogP contribution in [0.15, 0.2) is 51.5 Å². The third kappa shape index (κ3) is 3.72. The van der Waals surface area contributed by atoms with Gasteiger partial charge in [-0.05, 0) is 30.3 Å². The summed E-state index contributed by atoms with van der Waals surface area (Å²) in [7, 11) is -4.04. The predicted molar refractivity (Wildman–Crippen MR) is 93.4 cm³/mol. The first-order valence-electron chi connectivity index (χ1n) is 7.47. The highest BCUT2D eigenvalue weighted by atomic mass is 32.2. The second kappa shape index (κ2) is 6.82. The molecule has 0 fully saturated rings. The van der Waals surface area contributed by atoms with Crippen molar-refractivity contribution in [2.24, 2.45) is 0 Å². The fourth-order valence-electron chi connectivity index (χ4n) is 2.57. The molecule has 0 radical (unpaired) electrons. The molecule has 3 rings (SSSR count). The van der Waals surface area contributed by atoms with Crippen molar-refractivity contribution in [2.75, 3.05) is 6.26 Å². The van der Waals surface area contributed by atoms with Gasteiger partial charge in [-0.15, -0.1) is 0 Å². The Morgan fingerprint density at radius 1 is 1.04 bits per heavy atom. The van der Waals surface area contributed by atoms with Gasteiger partial charge in [0.25, 0.3) is 0 Å². The van der Waals surface area contributed by atoms with Crippen LogP contribution in [0.4, 0.5) is 22.0 Å². The summed E-state index contributed by atoms with van der Waals surface area (Å²) in [5.74, 6) is -2.38. The van der Waals surface area contributed by atoms with Crippen molar-refractivity contribution in [1.29, 1.82) is 0 Å². The van der Waals surface area contributed by atoms with Crippen LogP contribution >= 0.6 is 11.3 Å². The Labute approximate surface area is 159 Å². The molecule has 0 saturated carbocycles. The minimum absolute atomic E-state index is 0.192. The van der Waals surface area contributed by atoms with E-state index in [1.165, 1.54) is 6.07 Å². The van der Waals surface area contributed by atoms with E-state index in [0.29, 0.717) is 35.8 Å². The van der Waals surface area contributed by atoms with Crippen LogP contribution in [-0.2, 0) is 16.0 Å². The molecule has 3 aromatic rings. The Morgan fingerprint density at radius 2 is 1.71 bits per heavy atom. The van der Waals surface area contributed by atoms with Crippen LogP contribution in [0.25, 0.3) is 16.9 Å². The molecular weight excluding hydrogens is 425 g/mol. The van der Waals surface area contributed by atoms with Crippen LogP contribution in [0, 0.1) is 11.6 Å². The zero-order valence-electron chi connectivity index (χ0n) is 13.9. The molecule has 2 aromatic carbocycles. The lowest BCUT2D eigenvalue weighted by Gasteiger charge is -2.12. The number of thiazole rings is 1. The molecule has 0 saturated heterocycles. The number of nitrogens with zero attached hydrogens (tertiary/aromatic N) is 1. The van der Waals surface area contributed by atoms with Gasteiger partial charge in [0.15, 0.2) is 9.84 Å². The summed E-state index contributed by atoms with van der Waals surface area (Å²) >= 11 is 0.577. The third-order valence-corrected chi connectivity index (χ3v) is 5.66. The molecule has 0 N–H and O–H groups in total. The summed E-state index contributed by atoms with van der Waals surface area (Å²) in [6.45, 7) is 0. The third-order valence-electron chi connectivity index (χ3n) is 3.82. The highest BCUT2D eigenvalue weighted by Gasteiger charge is 2.31. The first kappa shape index (κ1) is 20.2. The molecular formula is C17H10F5NO3S2. The fraction of sp³-hybridized carbons (Fsp3) is 0.118. The van der Waals surface area contributed by atoms with Gasteiger partial charge in [0.1, 0.15) is 16.5 Å². The minimum Gasteiger partial charge on any atom is -0.267 e. The molecule has 0 unspecified atom stereocenters. The van der Waals surface area contributed by atoms with E-state index in [1.807, 2.05) is 0 Å². The summed E-state index contributed by atoms with van der Waals surface area (Å²) in [4.78, 5) is 10.6. The van der Waals surface area contributed by atoms with Crippen molar-refractivity contribution in [1.82, 2.24) is 4.57 Å². The van der Waals surface area contributed by atoms with E-state index in [0.717, 1.165) is 22.1 Å². The van der Waals surface area contributed by atoms with Gasteiger partial charge in [0.05, 0.1) is 16.9 Å².